The average molecular weight is 377 g/mol. The number of hydrogen-bond donors (Lipinski definition) is 2. The molecule has 0 unspecified atom stereocenters. The summed E-state index contributed by atoms with van der Waals surface area (Å²) in [6, 6.07) is 7.98. The highest BCUT2D eigenvalue weighted by atomic mass is 16.4. The zero-order valence-electron chi connectivity index (χ0n) is 17.0. The van der Waals surface area contributed by atoms with Crippen LogP contribution in [0.25, 0.3) is 10.9 Å². The first-order valence-electron chi connectivity index (χ1n) is 9.89. The van der Waals surface area contributed by atoms with Crippen molar-refractivity contribution in [2.24, 2.45) is 5.92 Å². The molecule has 0 saturated heterocycles. The topological polar surface area (TPSA) is 67.2 Å². The van der Waals surface area contributed by atoms with Gasteiger partial charge in [0.25, 0.3) is 0 Å². The molecule has 1 saturated carbocycles. The molecule has 28 heavy (non-hydrogen) atoms. The molecule has 4 rings (SSSR count). The number of pyridine rings is 1. The molecule has 1 aromatic carbocycles. The zero-order chi connectivity index (χ0) is 20.0. The predicted molar refractivity (Wildman–Crippen MR) is 112 cm³/mol. The van der Waals surface area contributed by atoms with Gasteiger partial charge < -0.3 is 15.0 Å². The SMILES string of the molecule is Cc1cccc(C)c1CNc1nc(C(=O)O)cc2c(C)c(C)n(CC3CC3)c12. The Morgan fingerprint density at radius 3 is 2.50 bits per heavy atom. The lowest BCUT2D eigenvalue weighted by molar-refractivity contribution is 0.0691. The molecule has 5 nitrogen and oxygen atoms in total. The van der Waals surface area contributed by atoms with Crippen molar-refractivity contribution in [3.8, 4) is 0 Å². The highest BCUT2D eigenvalue weighted by Crippen LogP contribution is 2.36. The minimum atomic E-state index is -0.996. The molecular weight excluding hydrogens is 350 g/mol. The Hall–Kier alpha value is -2.82. The first kappa shape index (κ1) is 18.5. The summed E-state index contributed by atoms with van der Waals surface area (Å²) in [5.41, 5.74) is 7.11. The molecule has 3 aromatic rings. The molecule has 0 bridgehead atoms. The summed E-state index contributed by atoms with van der Waals surface area (Å²) in [5, 5.41) is 14.0. The number of aryl methyl sites for hydroxylation is 3. The lowest BCUT2D eigenvalue weighted by Gasteiger charge is -2.15. The van der Waals surface area contributed by atoms with E-state index in [0.717, 1.165) is 28.9 Å². The van der Waals surface area contributed by atoms with Crippen LogP contribution < -0.4 is 5.32 Å². The van der Waals surface area contributed by atoms with Gasteiger partial charge in [0.05, 0.1) is 5.52 Å². The van der Waals surface area contributed by atoms with Crippen molar-refractivity contribution in [2.45, 2.75) is 53.6 Å². The molecule has 2 heterocycles. The van der Waals surface area contributed by atoms with Gasteiger partial charge in [-0.25, -0.2) is 9.78 Å². The zero-order valence-corrected chi connectivity index (χ0v) is 17.0. The second-order valence-electron chi connectivity index (χ2n) is 8.05. The number of hydrogen-bond acceptors (Lipinski definition) is 3. The first-order valence-corrected chi connectivity index (χ1v) is 9.89. The van der Waals surface area contributed by atoms with E-state index in [9.17, 15) is 9.90 Å². The van der Waals surface area contributed by atoms with Crippen LogP contribution in [0.1, 0.15) is 51.3 Å². The number of aromatic carboxylic acids is 1. The summed E-state index contributed by atoms with van der Waals surface area (Å²) in [7, 11) is 0. The number of rotatable bonds is 6. The molecular formula is C23H27N3O2. The molecule has 1 fully saturated rings. The molecule has 2 N–H and O–H groups in total. The summed E-state index contributed by atoms with van der Waals surface area (Å²) in [6.07, 6.45) is 2.54. The van der Waals surface area contributed by atoms with Gasteiger partial charge in [0.15, 0.2) is 11.5 Å². The van der Waals surface area contributed by atoms with Crippen molar-refractivity contribution in [1.82, 2.24) is 9.55 Å². The molecule has 0 amide bonds. The average Bonchev–Trinajstić information content (AvgIpc) is 3.44. The number of nitrogens with zero attached hydrogens (tertiary/aromatic N) is 2. The second-order valence-corrected chi connectivity index (χ2v) is 8.05. The summed E-state index contributed by atoms with van der Waals surface area (Å²) in [5.74, 6) is 0.387. The Balaban J connectivity index is 1.82. The van der Waals surface area contributed by atoms with E-state index in [2.05, 4.69) is 60.8 Å². The van der Waals surface area contributed by atoms with Crippen molar-refractivity contribution >= 4 is 22.7 Å². The summed E-state index contributed by atoms with van der Waals surface area (Å²) in [4.78, 5) is 16.2. The van der Waals surface area contributed by atoms with Crippen LogP contribution in [0.4, 0.5) is 5.82 Å². The normalized spacial score (nSPS) is 13.9. The smallest absolute Gasteiger partial charge is 0.354 e. The van der Waals surface area contributed by atoms with E-state index in [4.69, 9.17) is 0 Å². The maximum atomic E-state index is 11.7. The van der Waals surface area contributed by atoms with Gasteiger partial charge in [-0.2, -0.15) is 0 Å². The van der Waals surface area contributed by atoms with E-state index in [-0.39, 0.29) is 5.69 Å². The summed E-state index contributed by atoms with van der Waals surface area (Å²) < 4.78 is 2.33. The maximum Gasteiger partial charge on any atom is 0.354 e. The van der Waals surface area contributed by atoms with Crippen LogP contribution in [0.2, 0.25) is 0 Å². The molecule has 1 aliphatic carbocycles. The van der Waals surface area contributed by atoms with E-state index >= 15 is 0 Å². The van der Waals surface area contributed by atoms with Gasteiger partial charge in [-0.15, -0.1) is 0 Å². The summed E-state index contributed by atoms with van der Waals surface area (Å²) >= 11 is 0. The molecule has 0 radical (unpaired) electrons. The molecule has 146 valence electrons. The van der Waals surface area contributed by atoms with Gasteiger partial charge >= 0.3 is 5.97 Å². The first-order chi connectivity index (χ1) is 13.4. The van der Waals surface area contributed by atoms with Crippen LogP contribution >= 0.6 is 0 Å². The fourth-order valence-electron chi connectivity index (χ4n) is 3.98. The van der Waals surface area contributed by atoms with Crippen LogP contribution in [0, 0.1) is 33.6 Å². The van der Waals surface area contributed by atoms with Gasteiger partial charge in [-0.3, -0.25) is 0 Å². The van der Waals surface area contributed by atoms with Crippen molar-refractivity contribution in [2.75, 3.05) is 5.32 Å². The fraction of sp³-hybridized carbons (Fsp3) is 0.391. The van der Waals surface area contributed by atoms with E-state index in [1.165, 1.54) is 35.2 Å². The fourth-order valence-corrected chi connectivity index (χ4v) is 3.98. The minimum absolute atomic E-state index is 0.0863. The third kappa shape index (κ3) is 3.26. The van der Waals surface area contributed by atoms with Crippen LogP contribution in [0.3, 0.4) is 0 Å². The Kier molecular flexibility index (Phi) is 4.61. The predicted octanol–water partition coefficient (Wildman–Crippen LogP) is 4.99. The quantitative estimate of drug-likeness (QED) is 0.635. The van der Waals surface area contributed by atoms with Crippen LogP contribution in [0.5, 0.6) is 0 Å². The molecule has 0 atom stereocenters. The molecule has 0 aliphatic heterocycles. The van der Waals surface area contributed by atoms with Crippen LogP contribution in [0.15, 0.2) is 24.3 Å². The van der Waals surface area contributed by atoms with Gasteiger partial charge in [0, 0.05) is 24.2 Å². The van der Waals surface area contributed by atoms with Crippen molar-refractivity contribution in [1.29, 1.82) is 0 Å². The van der Waals surface area contributed by atoms with Crippen LogP contribution in [-0.2, 0) is 13.1 Å². The highest BCUT2D eigenvalue weighted by molar-refractivity contribution is 5.98. The number of anilines is 1. The van der Waals surface area contributed by atoms with E-state index in [1.807, 2.05) is 0 Å². The maximum absolute atomic E-state index is 11.7. The number of aromatic nitrogens is 2. The number of carboxylic acids is 1. The largest absolute Gasteiger partial charge is 0.477 e. The lowest BCUT2D eigenvalue weighted by Crippen LogP contribution is -2.11. The van der Waals surface area contributed by atoms with Gasteiger partial charge in [0.2, 0.25) is 0 Å². The van der Waals surface area contributed by atoms with Crippen LogP contribution in [-0.4, -0.2) is 20.6 Å². The van der Waals surface area contributed by atoms with E-state index in [1.54, 1.807) is 6.07 Å². The Labute approximate surface area is 165 Å². The third-order valence-electron chi connectivity index (χ3n) is 6.05. The molecule has 1 aliphatic rings. The molecule has 5 heteroatoms. The molecule has 2 aromatic heterocycles. The monoisotopic (exact) mass is 377 g/mol. The number of benzene rings is 1. The highest BCUT2D eigenvalue weighted by Gasteiger charge is 2.26. The van der Waals surface area contributed by atoms with E-state index in [0.29, 0.717) is 12.4 Å². The minimum Gasteiger partial charge on any atom is -0.477 e. The lowest BCUT2D eigenvalue weighted by atomic mass is 10.0. The number of carbonyl (C=O) groups is 1. The number of carboxylic acid groups (broad SMARTS) is 1. The van der Waals surface area contributed by atoms with Crippen molar-refractivity contribution < 1.29 is 9.90 Å². The number of nitrogens with one attached hydrogen (secondary N) is 1. The second kappa shape index (κ2) is 6.97. The number of fused-ring (bicyclic) bond motifs is 1. The Morgan fingerprint density at radius 1 is 1.21 bits per heavy atom. The van der Waals surface area contributed by atoms with Crippen molar-refractivity contribution in [3.05, 3.63) is 57.9 Å². The van der Waals surface area contributed by atoms with Gasteiger partial charge in [-0.1, -0.05) is 18.2 Å². The summed E-state index contributed by atoms with van der Waals surface area (Å²) in [6.45, 7) is 9.99. The van der Waals surface area contributed by atoms with E-state index < -0.39 is 5.97 Å². The Morgan fingerprint density at radius 2 is 1.89 bits per heavy atom. The third-order valence-corrected chi connectivity index (χ3v) is 6.05. The van der Waals surface area contributed by atoms with Gasteiger partial charge in [0.1, 0.15) is 0 Å². The Bertz CT molecular complexity index is 1060. The van der Waals surface area contributed by atoms with Gasteiger partial charge in [-0.05, 0) is 74.8 Å². The molecule has 0 spiro atoms. The van der Waals surface area contributed by atoms with Crippen molar-refractivity contribution in [3.63, 3.8) is 0 Å². The standard InChI is InChI=1S/C23H27N3O2/c1-13-6-5-7-14(2)19(13)11-24-22-21-18(10-20(25-22)23(27)28)15(3)16(4)26(21)12-17-8-9-17/h5-7,10,17H,8-9,11-12H2,1-4H3,(H,24,25)(H,27,28).